The van der Waals surface area contributed by atoms with Gasteiger partial charge in [0, 0.05) is 25.7 Å². The second-order valence-corrected chi connectivity index (χ2v) is 27.8. The summed E-state index contributed by atoms with van der Waals surface area (Å²) in [6.45, 7) is 4.69. The molecule has 5 atom stereocenters. The van der Waals surface area contributed by atoms with Gasteiger partial charge in [0.25, 0.3) is 0 Å². The zero-order chi connectivity index (χ0) is 69.0. The van der Waals surface area contributed by atoms with Crippen molar-refractivity contribution in [2.45, 2.75) is 341 Å². The number of aliphatic hydroxyl groups excluding tert-OH is 1. The number of rotatable bonds is 70. The van der Waals surface area contributed by atoms with Gasteiger partial charge in [0.1, 0.15) is 19.3 Å². The van der Waals surface area contributed by atoms with Gasteiger partial charge in [-0.1, -0.05) is 274 Å². The van der Waals surface area contributed by atoms with Crippen LogP contribution in [0.25, 0.3) is 0 Å². The molecular formula is C75H134O17P2. The van der Waals surface area contributed by atoms with E-state index in [1.54, 1.807) is 0 Å². The molecule has 0 aromatic rings. The van der Waals surface area contributed by atoms with E-state index in [4.69, 9.17) is 37.0 Å². The molecule has 94 heavy (non-hydrogen) atoms. The Morgan fingerprint density at radius 2 is 0.553 bits per heavy atom. The molecule has 0 heterocycles. The van der Waals surface area contributed by atoms with Crippen LogP contribution in [0.2, 0.25) is 0 Å². The maximum Gasteiger partial charge on any atom is 0.472 e. The van der Waals surface area contributed by atoms with Crippen LogP contribution in [0.5, 0.6) is 0 Å². The van der Waals surface area contributed by atoms with Gasteiger partial charge in [0.2, 0.25) is 0 Å². The molecule has 0 aliphatic carbocycles. The number of phosphoric acid groups is 2. The SMILES string of the molecule is CC/C=C\C/C=C\C/C=C\C/C=C\CCCCC(=O)OCC(COP(=O)(O)OCC(O)COP(=O)(O)OCC(COC(=O)CCCCCCC/C=C\C/C=C\CCCCC)OC(=O)CCCCCCCCCCCCC)OC(=O)CCCCCCCCCCCCCCC. The summed E-state index contributed by atoms with van der Waals surface area (Å²) in [5.41, 5.74) is 0. The van der Waals surface area contributed by atoms with Gasteiger partial charge in [-0.25, -0.2) is 9.13 Å². The number of hydrogen-bond acceptors (Lipinski definition) is 15. The third-order valence-electron chi connectivity index (χ3n) is 15.7. The fourth-order valence-electron chi connectivity index (χ4n) is 10.0. The molecule has 0 aliphatic rings. The van der Waals surface area contributed by atoms with Crippen LogP contribution in [0.4, 0.5) is 0 Å². The standard InChI is InChI=1S/C75H134O17P2/c1-5-9-13-17-21-25-29-32-34-37-40-43-47-51-55-59-72(77)85-65-70(91-74(79)61-57-53-49-45-39-28-24-20-16-12-8-4)67-89-93(81,82)87-63-69(76)64-88-94(83,84)90-68-71(92-75(80)62-58-54-50-46-42-36-31-27-23-19-15-11-7-3)66-86-73(78)60-56-52-48-44-41-38-35-33-30-26-22-18-14-10-6-2/h10,14,21-22,25-26,32-35,41,44,69-71,76H,5-9,11-13,15-20,23-24,27-31,36-40,42-43,45-68H2,1-4H3,(H,81,82)(H,83,84)/b14-10-,25-21-,26-22-,34-32-,35-33-,44-41-. The topological polar surface area (TPSA) is 237 Å². The van der Waals surface area contributed by atoms with Crippen molar-refractivity contribution in [3.8, 4) is 0 Å². The van der Waals surface area contributed by atoms with E-state index in [1.165, 1.54) is 109 Å². The molecule has 0 fully saturated rings. The lowest BCUT2D eigenvalue weighted by Gasteiger charge is -2.21. The first-order chi connectivity index (χ1) is 45.7. The van der Waals surface area contributed by atoms with Crippen molar-refractivity contribution < 1.29 is 80.2 Å². The average molecular weight is 1370 g/mol. The predicted octanol–water partition coefficient (Wildman–Crippen LogP) is 20.9. The molecule has 17 nitrogen and oxygen atoms in total. The Bertz CT molecular complexity index is 2070. The first-order valence-electron chi connectivity index (χ1n) is 37.2. The Balaban J connectivity index is 5.33. The van der Waals surface area contributed by atoms with E-state index in [1.807, 2.05) is 0 Å². The summed E-state index contributed by atoms with van der Waals surface area (Å²) in [7, 11) is -9.94. The third-order valence-corrected chi connectivity index (χ3v) is 17.6. The first-order valence-corrected chi connectivity index (χ1v) is 40.2. The monoisotopic (exact) mass is 1370 g/mol. The van der Waals surface area contributed by atoms with Crippen LogP contribution >= 0.6 is 15.6 Å². The van der Waals surface area contributed by atoms with E-state index in [0.29, 0.717) is 25.7 Å². The second kappa shape index (κ2) is 68.0. The van der Waals surface area contributed by atoms with E-state index in [0.717, 1.165) is 135 Å². The van der Waals surface area contributed by atoms with Gasteiger partial charge in [0.15, 0.2) is 12.2 Å². The highest BCUT2D eigenvalue weighted by molar-refractivity contribution is 7.47. The number of aliphatic hydroxyl groups is 1. The summed E-state index contributed by atoms with van der Waals surface area (Å²) in [5.74, 6) is -2.21. The van der Waals surface area contributed by atoms with Crippen LogP contribution in [0.3, 0.4) is 0 Å². The quantitative estimate of drug-likeness (QED) is 0.0169. The first kappa shape index (κ1) is 90.5. The van der Waals surface area contributed by atoms with Gasteiger partial charge in [-0.05, 0) is 96.3 Å². The Hall–Kier alpha value is -3.50. The van der Waals surface area contributed by atoms with Crippen molar-refractivity contribution in [3.05, 3.63) is 72.9 Å². The molecule has 0 saturated heterocycles. The molecule has 3 N–H and O–H groups in total. The fraction of sp³-hybridized carbons (Fsp3) is 0.787. The number of allylic oxidation sites excluding steroid dienone is 12. The number of phosphoric ester groups is 2. The minimum Gasteiger partial charge on any atom is -0.462 e. The van der Waals surface area contributed by atoms with Crippen LogP contribution < -0.4 is 0 Å². The minimum absolute atomic E-state index is 0.0906. The van der Waals surface area contributed by atoms with Gasteiger partial charge < -0.3 is 33.8 Å². The van der Waals surface area contributed by atoms with Crippen molar-refractivity contribution in [2.24, 2.45) is 0 Å². The number of esters is 4. The van der Waals surface area contributed by atoms with E-state index in [9.17, 15) is 43.2 Å². The Labute approximate surface area is 571 Å². The van der Waals surface area contributed by atoms with E-state index in [2.05, 4.69) is 101 Å². The molecule has 19 heteroatoms. The maximum atomic E-state index is 13.0. The summed E-state index contributed by atoms with van der Waals surface area (Å²) in [5, 5.41) is 10.6. The van der Waals surface area contributed by atoms with Crippen LogP contribution in [0.1, 0.15) is 323 Å². The second-order valence-electron chi connectivity index (χ2n) is 24.9. The lowest BCUT2D eigenvalue weighted by molar-refractivity contribution is -0.161. The summed E-state index contributed by atoms with van der Waals surface area (Å²) in [6.07, 6.45) is 66.2. The molecule has 0 spiro atoms. The fourth-order valence-corrected chi connectivity index (χ4v) is 11.6. The van der Waals surface area contributed by atoms with Crippen molar-refractivity contribution in [1.82, 2.24) is 0 Å². The Kier molecular flexibility index (Phi) is 65.5. The largest absolute Gasteiger partial charge is 0.472 e. The summed E-state index contributed by atoms with van der Waals surface area (Å²) in [4.78, 5) is 72.7. The molecular weight excluding hydrogens is 1230 g/mol. The average Bonchev–Trinajstić information content (AvgIpc) is 1.55. The predicted molar refractivity (Wildman–Crippen MR) is 381 cm³/mol. The van der Waals surface area contributed by atoms with Crippen molar-refractivity contribution in [2.75, 3.05) is 39.6 Å². The zero-order valence-electron chi connectivity index (χ0n) is 59.4. The van der Waals surface area contributed by atoms with Crippen LogP contribution in [0, 0.1) is 0 Å². The van der Waals surface area contributed by atoms with Crippen LogP contribution in [0.15, 0.2) is 72.9 Å². The highest BCUT2D eigenvalue weighted by Gasteiger charge is 2.30. The Morgan fingerprint density at radius 3 is 0.894 bits per heavy atom. The van der Waals surface area contributed by atoms with Gasteiger partial charge in [-0.15, -0.1) is 0 Å². The van der Waals surface area contributed by atoms with Gasteiger partial charge in [0.05, 0.1) is 26.4 Å². The summed E-state index contributed by atoms with van der Waals surface area (Å²) >= 11 is 0. The molecule has 0 rings (SSSR count). The van der Waals surface area contributed by atoms with Crippen molar-refractivity contribution >= 4 is 39.5 Å². The molecule has 0 radical (unpaired) electrons. The van der Waals surface area contributed by atoms with E-state index in [-0.39, 0.29) is 25.7 Å². The Morgan fingerprint density at radius 1 is 0.309 bits per heavy atom. The molecule has 0 aliphatic heterocycles. The lowest BCUT2D eigenvalue weighted by atomic mass is 10.0. The summed E-state index contributed by atoms with van der Waals surface area (Å²) < 4.78 is 68.3. The molecule has 0 aromatic carbocycles. The van der Waals surface area contributed by atoms with Crippen LogP contribution in [-0.2, 0) is 65.4 Å². The molecule has 546 valence electrons. The highest BCUT2D eigenvalue weighted by atomic mass is 31.2. The molecule has 0 amide bonds. The third kappa shape index (κ3) is 67.1. The molecule has 0 saturated carbocycles. The number of carbonyl (C=O) groups is 4. The van der Waals surface area contributed by atoms with Gasteiger partial charge in [-0.2, -0.15) is 0 Å². The number of unbranched alkanes of at least 4 members (excludes halogenated alkanes) is 32. The van der Waals surface area contributed by atoms with E-state index < -0.39 is 97.5 Å². The van der Waals surface area contributed by atoms with Crippen molar-refractivity contribution in [1.29, 1.82) is 0 Å². The smallest absolute Gasteiger partial charge is 0.462 e. The number of ether oxygens (including phenoxy) is 4. The van der Waals surface area contributed by atoms with Gasteiger partial charge in [-0.3, -0.25) is 37.3 Å². The summed E-state index contributed by atoms with van der Waals surface area (Å²) in [6, 6.07) is 0. The molecule has 0 bridgehead atoms. The number of carbonyl (C=O) groups excluding carboxylic acids is 4. The van der Waals surface area contributed by atoms with E-state index >= 15 is 0 Å². The molecule has 0 aromatic heterocycles. The normalized spacial score (nSPS) is 14.4. The van der Waals surface area contributed by atoms with Crippen molar-refractivity contribution in [3.63, 3.8) is 0 Å². The highest BCUT2D eigenvalue weighted by Crippen LogP contribution is 2.45. The van der Waals surface area contributed by atoms with Crippen LogP contribution in [-0.4, -0.2) is 96.7 Å². The molecule has 5 unspecified atom stereocenters. The number of hydrogen-bond donors (Lipinski definition) is 3. The zero-order valence-corrected chi connectivity index (χ0v) is 61.2. The van der Waals surface area contributed by atoms with Gasteiger partial charge >= 0.3 is 39.5 Å². The lowest BCUT2D eigenvalue weighted by Crippen LogP contribution is -2.30. The maximum absolute atomic E-state index is 13.0. The minimum atomic E-state index is -4.97.